The summed E-state index contributed by atoms with van der Waals surface area (Å²) in [5.41, 5.74) is 0. The topological polar surface area (TPSA) is 78.7 Å². The van der Waals surface area contributed by atoms with E-state index in [1.807, 2.05) is 0 Å². The van der Waals surface area contributed by atoms with Gasteiger partial charge in [0.1, 0.15) is 6.61 Å². The van der Waals surface area contributed by atoms with Crippen LogP contribution in [0.25, 0.3) is 0 Å². The molecule has 0 aliphatic rings. The molecule has 0 atom stereocenters. The zero-order valence-electron chi connectivity index (χ0n) is 8.68. The van der Waals surface area contributed by atoms with E-state index in [1.165, 1.54) is 0 Å². The largest absolute Gasteiger partial charge is 0.466 e. The monoisotopic (exact) mass is 217 g/mol. The second kappa shape index (κ2) is 8.98. The molecule has 6 nitrogen and oxygen atoms in total. The number of esters is 1. The first-order valence-electron chi connectivity index (χ1n) is 4.74. The summed E-state index contributed by atoms with van der Waals surface area (Å²) in [6.07, 6.45) is 5.01. The first kappa shape index (κ1) is 13.4. The van der Waals surface area contributed by atoms with Crippen molar-refractivity contribution >= 4 is 5.97 Å². The van der Waals surface area contributed by atoms with Gasteiger partial charge in [0.05, 0.1) is 6.61 Å². The fourth-order valence-electron chi connectivity index (χ4n) is 0.887. The predicted molar refractivity (Wildman–Crippen MR) is 52.6 cm³/mol. The van der Waals surface area contributed by atoms with Crippen LogP contribution in [0.3, 0.4) is 0 Å². The Labute approximate surface area is 88.0 Å². The van der Waals surface area contributed by atoms with Crippen LogP contribution >= 0.6 is 0 Å². The number of unbranched alkanes of at least 4 members (excludes halogenated alkanes) is 1. The summed E-state index contributed by atoms with van der Waals surface area (Å²) in [6, 6.07) is 0. The number of carbonyl (C=O) groups is 1. The molecule has 0 aliphatic heterocycles. The Hall–Kier alpha value is -1.59. The Balaban J connectivity index is 3.30. The molecule has 0 amide bonds. The SMILES string of the molecule is CCOC(=O)CCC/C=C/CO[N+](=O)[O-]. The summed E-state index contributed by atoms with van der Waals surface area (Å²) >= 11 is 0. The van der Waals surface area contributed by atoms with Gasteiger partial charge in [-0.15, -0.1) is 10.1 Å². The number of allylic oxidation sites excluding steroid dienone is 1. The molecule has 0 N–H and O–H groups in total. The van der Waals surface area contributed by atoms with Crippen molar-refractivity contribution in [1.82, 2.24) is 0 Å². The van der Waals surface area contributed by atoms with E-state index in [0.29, 0.717) is 25.9 Å². The Morgan fingerprint density at radius 2 is 2.20 bits per heavy atom. The summed E-state index contributed by atoms with van der Waals surface area (Å²) in [4.78, 5) is 24.7. The summed E-state index contributed by atoms with van der Waals surface area (Å²) in [5, 5.41) is 8.89. The molecule has 0 aromatic heterocycles. The highest BCUT2D eigenvalue weighted by molar-refractivity contribution is 5.69. The van der Waals surface area contributed by atoms with Gasteiger partial charge in [-0.2, -0.15) is 0 Å². The average molecular weight is 217 g/mol. The van der Waals surface area contributed by atoms with Crippen LogP contribution in [0.4, 0.5) is 0 Å². The van der Waals surface area contributed by atoms with Gasteiger partial charge in [0, 0.05) is 6.42 Å². The molecule has 0 spiro atoms. The third kappa shape index (κ3) is 10.3. The van der Waals surface area contributed by atoms with E-state index >= 15 is 0 Å². The van der Waals surface area contributed by atoms with E-state index < -0.39 is 5.09 Å². The van der Waals surface area contributed by atoms with Crippen LogP contribution in [0.15, 0.2) is 12.2 Å². The number of hydrogen-bond donors (Lipinski definition) is 0. The van der Waals surface area contributed by atoms with Gasteiger partial charge in [-0.25, -0.2) is 0 Å². The second-order valence-electron chi connectivity index (χ2n) is 2.69. The van der Waals surface area contributed by atoms with Crippen LogP contribution < -0.4 is 0 Å². The number of rotatable bonds is 8. The normalized spacial score (nSPS) is 10.2. The molecule has 0 aromatic rings. The Kier molecular flexibility index (Phi) is 8.03. The van der Waals surface area contributed by atoms with Crippen LogP contribution in [0.5, 0.6) is 0 Å². The van der Waals surface area contributed by atoms with Gasteiger partial charge in [-0.1, -0.05) is 12.2 Å². The molecule has 0 aliphatic carbocycles. The standard InChI is InChI=1S/C9H15NO5/c1-2-14-9(11)7-5-3-4-6-8-15-10(12)13/h4,6H,2-3,5,7-8H2,1H3/b6-4+. The maximum Gasteiger partial charge on any atom is 0.305 e. The van der Waals surface area contributed by atoms with E-state index in [9.17, 15) is 14.9 Å². The van der Waals surface area contributed by atoms with E-state index in [1.54, 1.807) is 19.1 Å². The van der Waals surface area contributed by atoms with Crippen molar-refractivity contribution in [2.75, 3.05) is 13.2 Å². The van der Waals surface area contributed by atoms with Crippen LogP contribution in [0.1, 0.15) is 26.2 Å². The molecule has 0 radical (unpaired) electrons. The molecule has 15 heavy (non-hydrogen) atoms. The minimum atomic E-state index is -0.844. The van der Waals surface area contributed by atoms with Crippen LogP contribution in [-0.2, 0) is 14.4 Å². The lowest BCUT2D eigenvalue weighted by Crippen LogP contribution is -2.02. The minimum Gasteiger partial charge on any atom is -0.466 e. The lowest BCUT2D eigenvalue weighted by atomic mass is 10.2. The smallest absolute Gasteiger partial charge is 0.305 e. The van der Waals surface area contributed by atoms with Gasteiger partial charge >= 0.3 is 5.97 Å². The Bertz CT molecular complexity index is 227. The molecule has 0 fully saturated rings. The third-order valence-electron chi connectivity index (χ3n) is 1.50. The highest BCUT2D eigenvalue weighted by atomic mass is 16.9. The zero-order chi connectivity index (χ0) is 11.5. The quantitative estimate of drug-likeness (QED) is 0.202. The molecule has 86 valence electrons. The number of ether oxygens (including phenoxy) is 1. The van der Waals surface area contributed by atoms with Gasteiger partial charge in [0.2, 0.25) is 0 Å². The van der Waals surface area contributed by atoms with E-state index in [4.69, 9.17) is 4.74 Å². The number of hydrogen-bond acceptors (Lipinski definition) is 5. The highest BCUT2D eigenvalue weighted by Crippen LogP contribution is 1.98. The number of carbonyl (C=O) groups excluding carboxylic acids is 1. The Morgan fingerprint density at radius 3 is 2.80 bits per heavy atom. The maximum atomic E-state index is 10.9. The fraction of sp³-hybridized carbons (Fsp3) is 0.667. The first-order valence-corrected chi connectivity index (χ1v) is 4.74. The molecule has 0 rings (SSSR count). The van der Waals surface area contributed by atoms with Crippen molar-refractivity contribution in [2.24, 2.45) is 0 Å². The van der Waals surface area contributed by atoms with Crippen molar-refractivity contribution in [3.8, 4) is 0 Å². The van der Waals surface area contributed by atoms with Crippen molar-refractivity contribution in [3.63, 3.8) is 0 Å². The van der Waals surface area contributed by atoms with Gasteiger partial charge < -0.3 is 9.57 Å². The lowest BCUT2D eigenvalue weighted by Gasteiger charge is -1.98. The van der Waals surface area contributed by atoms with Crippen LogP contribution in [-0.4, -0.2) is 24.3 Å². The second-order valence-corrected chi connectivity index (χ2v) is 2.69. The number of nitrogens with zero attached hydrogens (tertiary/aromatic N) is 1. The fourth-order valence-corrected chi connectivity index (χ4v) is 0.887. The summed E-state index contributed by atoms with van der Waals surface area (Å²) in [7, 11) is 0. The molecule has 0 saturated heterocycles. The molecule has 0 unspecified atom stereocenters. The van der Waals surface area contributed by atoms with E-state index in [-0.39, 0.29) is 12.6 Å². The third-order valence-corrected chi connectivity index (χ3v) is 1.50. The predicted octanol–water partition coefficient (Wildman–Crippen LogP) is 1.48. The molecule has 0 aromatic carbocycles. The summed E-state index contributed by atoms with van der Waals surface area (Å²) in [5.74, 6) is -0.215. The molecular weight excluding hydrogens is 202 g/mol. The van der Waals surface area contributed by atoms with Gasteiger partial charge in [0.25, 0.3) is 5.09 Å². The van der Waals surface area contributed by atoms with Gasteiger partial charge in [-0.3, -0.25) is 4.79 Å². The first-order chi connectivity index (χ1) is 7.16. The van der Waals surface area contributed by atoms with Crippen molar-refractivity contribution in [3.05, 3.63) is 22.3 Å². The summed E-state index contributed by atoms with van der Waals surface area (Å²) in [6.45, 7) is 2.10. The van der Waals surface area contributed by atoms with Crippen molar-refractivity contribution in [1.29, 1.82) is 0 Å². The van der Waals surface area contributed by atoms with Gasteiger partial charge in [-0.05, 0) is 19.8 Å². The molecule has 6 heteroatoms. The maximum absolute atomic E-state index is 10.9. The summed E-state index contributed by atoms with van der Waals surface area (Å²) < 4.78 is 4.72. The average Bonchev–Trinajstić information content (AvgIpc) is 2.16. The molecule has 0 heterocycles. The molecular formula is C9H15NO5. The minimum absolute atomic E-state index is 0.0492. The van der Waals surface area contributed by atoms with Crippen molar-refractivity contribution < 1.29 is 19.5 Å². The van der Waals surface area contributed by atoms with Gasteiger partial charge in [0.15, 0.2) is 0 Å². The Morgan fingerprint density at radius 1 is 1.47 bits per heavy atom. The van der Waals surface area contributed by atoms with Crippen molar-refractivity contribution in [2.45, 2.75) is 26.2 Å². The van der Waals surface area contributed by atoms with Crippen LogP contribution in [0.2, 0.25) is 0 Å². The highest BCUT2D eigenvalue weighted by Gasteiger charge is 1.98. The van der Waals surface area contributed by atoms with Crippen LogP contribution in [0, 0.1) is 10.1 Å². The zero-order valence-corrected chi connectivity index (χ0v) is 8.68. The lowest BCUT2D eigenvalue weighted by molar-refractivity contribution is -0.755. The molecule has 0 saturated carbocycles. The van der Waals surface area contributed by atoms with E-state index in [0.717, 1.165) is 0 Å². The molecule has 0 bridgehead atoms. The van der Waals surface area contributed by atoms with E-state index in [2.05, 4.69) is 4.84 Å².